The smallest absolute Gasteiger partial charge is 0.326 e. The Morgan fingerprint density at radius 3 is 1.81 bits per heavy atom. The van der Waals surface area contributed by atoms with Gasteiger partial charge in [-0.15, -0.1) is 0 Å². The second-order valence-corrected chi connectivity index (χ2v) is 16.2. The van der Waals surface area contributed by atoms with Crippen LogP contribution in [-0.4, -0.2) is 79.3 Å². The molecule has 0 aliphatic rings. The first kappa shape index (κ1) is 45.9. The minimum absolute atomic E-state index is 0.184. The number of hydrogen-bond donors (Lipinski definition) is 5. The largest absolute Gasteiger partial charge is 0.870 e. The van der Waals surface area contributed by atoms with Crippen LogP contribution in [0.3, 0.4) is 0 Å². The fourth-order valence-corrected chi connectivity index (χ4v) is 6.58. The van der Waals surface area contributed by atoms with Gasteiger partial charge in [-0.3, -0.25) is 10.2 Å². The van der Waals surface area contributed by atoms with Crippen LogP contribution in [-0.2, 0) is 9.84 Å². The molecule has 5 N–H and O–H groups in total. The van der Waals surface area contributed by atoms with Gasteiger partial charge in [0.05, 0.1) is 28.3 Å². The number of aliphatic hydroxyl groups excluding tert-OH is 1. The Morgan fingerprint density at radius 2 is 1.30 bits per heavy atom. The normalized spacial score (nSPS) is 11.7. The minimum Gasteiger partial charge on any atom is -0.870 e. The van der Waals surface area contributed by atoms with E-state index in [1.807, 2.05) is 37.3 Å². The van der Waals surface area contributed by atoms with Gasteiger partial charge in [0.25, 0.3) is 5.16 Å². The summed E-state index contributed by atoms with van der Waals surface area (Å²) in [6, 6.07) is 19.5. The number of fused-ring (bicyclic) bond motifs is 2. The van der Waals surface area contributed by atoms with Gasteiger partial charge in [0.15, 0.2) is 22.9 Å². The molecule has 4 aromatic heterocycles. The van der Waals surface area contributed by atoms with Gasteiger partial charge in [0.2, 0.25) is 9.84 Å². The maximum absolute atomic E-state index is 14.0. The van der Waals surface area contributed by atoms with E-state index in [4.69, 9.17) is 27.9 Å². The van der Waals surface area contributed by atoms with E-state index in [1.54, 1.807) is 25.1 Å². The second kappa shape index (κ2) is 20.1. The number of sulfone groups is 1. The molecule has 4 heterocycles. The van der Waals surface area contributed by atoms with E-state index >= 15 is 0 Å². The van der Waals surface area contributed by atoms with Crippen LogP contribution in [0.4, 0.5) is 29.2 Å². The Kier molecular flexibility index (Phi) is 14.6. The molecular formula is C41H35Cl2F4N10O5S-. The Bertz CT molecular complexity index is 3010. The quantitative estimate of drug-likeness (QED) is 0.0608. The average Bonchev–Trinajstić information content (AvgIpc) is 3.87. The number of anilines is 2. The molecule has 328 valence electrons. The topological polar surface area (TPSA) is 220 Å². The Balaban J connectivity index is 0.000000178. The highest BCUT2D eigenvalue weighted by molar-refractivity contribution is 7.90. The van der Waals surface area contributed by atoms with Crippen LogP contribution in [0.25, 0.3) is 44.6 Å². The van der Waals surface area contributed by atoms with Crippen LogP contribution in [0.2, 0.25) is 10.0 Å². The van der Waals surface area contributed by atoms with Crippen molar-refractivity contribution in [1.82, 2.24) is 40.3 Å². The standard InChI is InChI=1S/C20H16ClF2N5O2.C15H16ClN5O2S.C6H4F2O/c1-10(29)9-24-18-16-17(12-4-2-3-5-13(12)21)27-28-19(16)26-20(25-18)30-15-7-6-11(22)8-14(15)23;1-3-8-17-13-11-12(9-6-4-5-7-10(9)16)20-21-14(11)19-15(18-13)24(2,22)23;7-4-1-2-6(9)5(8)3-4/h2-8,10,29H,9H2,1H3,(H2,24,25,26,27,28);4-7H,3,8H2,1-2H3,(H2,17,18,19,20,21);1-3,9H/p-1/t10-;;/m0../s1. The first-order valence-corrected chi connectivity index (χ1v) is 21.3. The molecule has 0 unspecified atom stereocenters. The van der Waals surface area contributed by atoms with Gasteiger partial charge in [0.1, 0.15) is 29.1 Å². The predicted molar refractivity (Wildman–Crippen MR) is 229 cm³/mol. The molecule has 0 fully saturated rings. The molecule has 4 aromatic carbocycles. The molecule has 1 atom stereocenters. The molecule has 0 bridgehead atoms. The van der Waals surface area contributed by atoms with Crippen LogP contribution in [0.5, 0.6) is 17.5 Å². The molecule has 0 radical (unpaired) electrons. The van der Waals surface area contributed by atoms with Crippen molar-refractivity contribution in [3.63, 3.8) is 0 Å². The first-order valence-electron chi connectivity index (χ1n) is 18.7. The highest BCUT2D eigenvalue weighted by atomic mass is 35.5. The number of aromatic nitrogens is 8. The number of ether oxygens (including phenoxy) is 1. The van der Waals surface area contributed by atoms with Crippen LogP contribution in [0, 0.1) is 23.3 Å². The van der Waals surface area contributed by atoms with Gasteiger partial charge in [-0.1, -0.05) is 78.3 Å². The van der Waals surface area contributed by atoms with Gasteiger partial charge < -0.3 is 25.6 Å². The van der Waals surface area contributed by atoms with E-state index in [0.29, 0.717) is 68.1 Å². The lowest BCUT2D eigenvalue weighted by atomic mass is 10.1. The van der Waals surface area contributed by atoms with Gasteiger partial charge in [0, 0.05) is 52.7 Å². The molecule has 8 aromatic rings. The third kappa shape index (κ3) is 11.3. The summed E-state index contributed by atoms with van der Waals surface area (Å²) in [5.74, 6) is -3.69. The lowest BCUT2D eigenvalue weighted by Crippen LogP contribution is -2.16. The molecule has 0 aliphatic carbocycles. The average molecular weight is 927 g/mol. The van der Waals surface area contributed by atoms with Gasteiger partial charge in [-0.05, 0) is 43.7 Å². The zero-order chi connectivity index (χ0) is 45.4. The number of rotatable bonds is 11. The number of aliphatic hydroxyl groups is 1. The highest BCUT2D eigenvalue weighted by Crippen LogP contribution is 2.37. The van der Waals surface area contributed by atoms with Gasteiger partial charge in [-0.2, -0.15) is 25.1 Å². The number of aromatic amines is 2. The highest BCUT2D eigenvalue weighted by Gasteiger charge is 2.22. The summed E-state index contributed by atoms with van der Waals surface area (Å²) < 4.78 is 80.2. The first-order chi connectivity index (χ1) is 30.0. The number of halogens is 6. The van der Waals surface area contributed by atoms with Crippen molar-refractivity contribution in [3.8, 4) is 40.0 Å². The number of benzene rings is 4. The lowest BCUT2D eigenvalue weighted by Gasteiger charge is -2.12. The summed E-state index contributed by atoms with van der Waals surface area (Å²) in [6.07, 6.45) is 1.27. The fourth-order valence-electron chi connectivity index (χ4n) is 5.61. The zero-order valence-electron chi connectivity index (χ0n) is 33.2. The summed E-state index contributed by atoms with van der Waals surface area (Å²) >= 11 is 12.6. The number of H-pyrrole nitrogens is 2. The molecular weight excluding hydrogens is 891 g/mol. The molecule has 15 nitrogen and oxygen atoms in total. The lowest BCUT2D eigenvalue weighted by molar-refractivity contribution is -0.272. The van der Waals surface area contributed by atoms with E-state index in [1.165, 1.54) is 0 Å². The molecule has 0 saturated heterocycles. The van der Waals surface area contributed by atoms with E-state index in [9.17, 15) is 36.2 Å². The van der Waals surface area contributed by atoms with Crippen molar-refractivity contribution in [2.45, 2.75) is 31.5 Å². The van der Waals surface area contributed by atoms with Crippen molar-refractivity contribution in [3.05, 3.63) is 118 Å². The SMILES string of the molecule is CCCNc1nc(S(C)(=O)=O)nc2n[nH]c(-c3ccccc3Cl)c12.C[C@H](O)CNc1nc(Oc2ccc(F)cc2F)nc2n[nH]c(-c3ccccc3Cl)c12.[O-]c1ccc(F)cc1F. The van der Waals surface area contributed by atoms with Gasteiger partial charge in [-0.25, -0.2) is 31.0 Å². The third-order valence-corrected chi connectivity index (χ3v) is 10.0. The molecule has 22 heteroatoms. The maximum atomic E-state index is 14.0. The summed E-state index contributed by atoms with van der Waals surface area (Å²) in [7, 11) is -3.55. The van der Waals surface area contributed by atoms with Crippen LogP contribution < -0.4 is 20.5 Å². The maximum Gasteiger partial charge on any atom is 0.326 e. The van der Waals surface area contributed by atoms with Crippen molar-refractivity contribution in [2.75, 3.05) is 30.0 Å². The van der Waals surface area contributed by atoms with E-state index < -0.39 is 45.0 Å². The van der Waals surface area contributed by atoms with E-state index in [-0.39, 0.29) is 34.8 Å². The molecule has 0 spiro atoms. The Hall–Kier alpha value is -6.61. The monoisotopic (exact) mass is 925 g/mol. The van der Waals surface area contributed by atoms with Crippen molar-refractivity contribution in [2.24, 2.45) is 0 Å². The predicted octanol–water partition coefficient (Wildman–Crippen LogP) is 8.47. The van der Waals surface area contributed by atoms with Crippen LogP contribution >= 0.6 is 23.2 Å². The Morgan fingerprint density at radius 1 is 0.762 bits per heavy atom. The summed E-state index contributed by atoms with van der Waals surface area (Å²) in [5.41, 5.74) is 3.17. The van der Waals surface area contributed by atoms with Crippen molar-refractivity contribution < 1.29 is 40.9 Å². The van der Waals surface area contributed by atoms with Crippen LogP contribution in [0.1, 0.15) is 20.3 Å². The number of nitrogens with zero attached hydrogens (tertiary/aromatic N) is 6. The van der Waals surface area contributed by atoms with E-state index in [0.717, 1.165) is 42.5 Å². The molecule has 0 saturated carbocycles. The molecule has 63 heavy (non-hydrogen) atoms. The molecule has 0 amide bonds. The second-order valence-electron chi connectivity index (χ2n) is 13.4. The summed E-state index contributed by atoms with van der Waals surface area (Å²) in [4.78, 5) is 16.8. The summed E-state index contributed by atoms with van der Waals surface area (Å²) in [5, 5.41) is 42.1. The molecule has 0 aliphatic heterocycles. The minimum atomic E-state index is -3.55. The number of hydrogen-bond acceptors (Lipinski definition) is 13. The van der Waals surface area contributed by atoms with Gasteiger partial charge >= 0.3 is 6.01 Å². The van der Waals surface area contributed by atoms with E-state index in [2.05, 4.69) is 51.0 Å². The zero-order valence-corrected chi connectivity index (χ0v) is 35.5. The Labute approximate surface area is 366 Å². The third-order valence-electron chi connectivity index (χ3n) is 8.50. The van der Waals surface area contributed by atoms with Crippen LogP contribution in [0.15, 0.2) is 90.1 Å². The van der Waals surface area contributed by atoms with Crippen molar-refractivity contribution in [1.29, 1.82) is 0 Å². The number of nitrogens with one attached hydrogen (secondary N) is 4. The summed E-state index contributed by atoms with van der Waals surface area (Å²) in [6.45, 7) is 4.44. The van der Waals surface area contributed by atoms with Crippen molar-refractivity contribution >= 4 is 66.7 Å². The fraction of sp³-hybridized carbons (Fsp3) is 0.171. The molecule has 8 rings (SSSR count).